The molecule has 19 heavy (non-hydrogen) atoms. The van der Waals surface area contributed by atoms with E-state index in [1.165, 1.54) is 0 Å². The third-order valence-electron chi connectivity index (χ3n) is 2.75. The number of nitrogens with two attached hydrogens (primary N) is 1. The second-order valence-electron chi connectivity index (χ2n) is 4.23. The second kappa shape index (κ2) is 4.82. The van der Waals surface area contributed by atoms with Crippen LogP contribution < -0.4 is 11.1 Å². The van der Waals surface area contributed by atoms with E-state index in [-0.39, 0.29) is 0 Å². The zero-order valence-electron chi connectivity index (χ0n) is 10.1. The molecule has 3 aromatic rings. The van der Waals surface area contributed by atoms with E-state index in [1.807, 2.05) is 30.3 Å². The number of fused-ring (bicyclic) bond motifs is 1. The summed E-state index contributed by atoms with van der Waals surface area (Å²) in [5, 5.41) is 3.83. The van der Waals surface area contributed by atoms with Crippen molar-refractivity contribution in [2.75, 3.05) is 11.1 Å². The van der Waals surface area contributed by atoms with Gasteiger partial charge in [-0.05, 0) is 29.8 Å². The van der Waals surface area contributed by atoms with E-state index < -0.39 is 0 Å². The van der Waals surface area contributed by atoms with Crippen LogP contribution in [0.2, 0.25) is 5.02 Å². The highest BCUT2D eigenvalue weighted by Gasteiger charge is 2.05. The van der Waals surface area contributed by atoms with Gasteiger partial charge in [-0.3, -0.25) is 0 Å². The van der Waals surface area contributed by atoms with Crippen molar-refractivity contribution in [3.8, 4) is 0 Å². The molecule has 0 aliphatic rings. The minimum atomic E-state index is 0.473. The van der Waals surface area contributed by atoms with E-state index in [9.17, 15) is 0 Å². The highest BCUT2D eigenvalue weighted by Crippen LogP contribution is 2.21. The van der Waals surface area contributed by atoms with Crippen molar-refractivity contribution in [2.24, 2.45) is 0 Å². The van der Waals surface area contributed by atoms with Crippen LogP contribution in [0.15, 0.2) is 46.9 Å². The minimum absolute atomic E-state index is 0.473. The quantitative estimate of drug-likeness (QED) is 0.715. The van der Waals surface area contributed by atoms with Gasteiger partial charge in [-0.1, -0.05) is 23.7 Å². The lowest BCUT2D eigenvalue weighted by Gasteiger charge is -2.01. The summed E-state index contributed by atoms with van der Waals surface area (Å²) in [6, 6.07) is 13.5. The van der Waals surface area contributed by atoms with Gasteiger partial charge in [0.15, 0.2) is 5.58 Å². The van der Waals surface area contributed by atoms with E-state index in [0.717, 1.165) is 11.1 Å². The number of halogens is 1. The molecule has 0 aliphatic carbocycles. The lowest BCUT2D eigenvalue weighted by atomic mass is 10.2. The maximum Gasteiger partial charge on any atom is 0.295 e. The largest absolute Gasteiger partial charge is 0.423 e. The Hall–Kier alpha value is -2.20. The molecule has 0 bridgehead atoms. The molecule has 0 amide bonds. The second-order valence-corrected chi connectivity index (χ2v) is 4.67. The van der Waals surface area contributed by atoms with Crippen LogP contribution in [-0.4, -0.2) is 4.98 Å². The van der Waals surface area contributed by atoms with E-state index in [4.69, 9.17) is 21.8 Å². The Kier molecular flexibility index (Phi) is 3.01. The molecule has 1 heterocycles. The first kappa shape index (κ1) is 11.9. The molecule has 0 unspecified atom stereocenters. The lowest BCUT2D eigenvalue weighted by Crippen LogP contribution is -1.99. The van der Waals surface area contributed by atoms with Gasteiger partial charge in [0.2, 0.25) is 0 Å². The molecule has 2 aromatic carbocycles. The van der Waals surface area contributed by atoms with Gasteiger partial charge in [0.25, 0.3) is 6.01 Å². The van der Waals surface area contributed by atoms with Gasteiger partial charge in [-0.15, -0.1) is 0 Å². The first-order valence-electron chi connectivity index (χ1n) is 5.85. The summed E-state index contributed by atoms with van der Waals surface area (Å²) in [5.74, 6) is 0. The summed E-state index contributed by atoms with van der Waals surface area (Å²) >= 11 is 5.93. The summed E-state index contributed by atoms with van der Waals surface area (Å²) in [6.07, 6.45) is 0. The minimum Gasteiger partial charge on any atom is -0.423 e. The van der Waals surface area contributed by atoms with Crippen molar-refractivity contribution >= 4 is 34.4 Å². The molecular formula is C14H12ClN3O. The third-order valence-corrected chi connectivity index (χ3v) is 2.98. The third kappa shape index (κ3) is 2.63. The Morgan fingerprint density at radius 3 is 2.95 bits per heavy atom. The highest BCUT2D eigenvalue weighted by molar-refractivity contribution is 6.30. The average Bonchev–Trinajstić information content (AvgIpc) is 2.78. The fourth-order valence-electron chi connectivity index (χ4n) is 1.84. The number of nitrogens with one attached hydrogen (secondary N) is 1. The van der Waals surface area contributed by atoms with Gasteiger partial charge in [0, 0.05) is 23.3 Å². The van der Waals surface area contributed by atoms with Crippen LogP contribution in [0.3, 0.4) is 0 Å². The number of nitrogens with zero attached hydrogens (tertiary/aromatic N) is 1. The van der Waals surface area contributed by atoms with Gasteiger partial charge in [-0.2, -0.15) is 4.98 Å². The van der Waals surface area contributed by atoms with Crippen molar-refractivity contribution in [1.29, 1.82) is 0 Å². The van der Waals surface area contributed by atoms with Crippen LogP contribution >= 0.6 is 11.6 Å². The molecule has 0 aliphatic heterocycles. The Labute approximate surface area is 115 Å². The van der Waals surface area contributed by atoms with Crippen LogP contribution in [0.1, 0.15) is 5.56 Å². The highest BCUT2D eigenvalue weighted by atomic mass is 35.5. The van der Waals surface area contributed by atoms with E-state index >= 15 is 0 Å². The number of aromatic nitrogens is 1. The van der Waals surface area contributed by atoms with Gasteiger partial charge in [0.05, 0.1) is 0 Å². The van der Waals surface area contributed by atoms with Crippen LogP contribution in [0.5, 0.6) is 0 Å². The van der Waals surface area contributed by atoms with E-state index in [0.29, 0.717) is 28.9 Å². The van der Waals surface area contributed by atoms with Crippen LogP contribution in [0, 0.1) is 0 Å². The molecule has 0 atom stereocenters. The topological polar surface area (TPSA) is 64.1 Å². The fraction of sp³-hybridized carbons (Fsp3) is 0.0714. The van der Waals surface area contributed by atoms with Crippen LogP contribution in [-0.2, 0) is 6.54 Å². The maximum atomic E-state index is 5.93. The molecule has 0 spiro atoms. The summed E-state index contributed by atoms with van der Waals surface area (Å²) in [7, 11) is 0. The summed E-state index contributed by atoms with van der Waals surface area (Å²) < 4.78 is 5.57. The van der Waals surface area contributed by atoms with Crippen molar-refractivity contribution in [2.45, 2.75) is 6.54 Å². The SMILES string of the molecule is Nc1ccc2nc(NCc3cccc(Cl)c3)oc2c1. The molecule has 4 nitrogen and oxygen atoms in total. The molecule has 0 saturated carbocycles. The smallest absolute Gasteiger partial charge is 0.295 e. The predicted octanol–water partition coefficient (Wildman–Crippen LogP) is 3.68. The predicted molar refractivity (Wildman–Crippen MR) is 77.2 cm³/mol. The standard InChI is InChI=1S/C14H12ClN3O/c15-10-3-1-2-9(6-10)8-17-14-18-12-5-4-11(16)7-13(12)19-14/h1-7H,8,16H2,(H,17,18). The Morgan fingerprint density at radius 2 is 2.11 bits per heavy atom. The number of rotatable bonds is 3. The van der Waals surface area contributed by atoms with Gasteiger partial charge in [0.1, 0.15) is 5.52 Å². The number of anilines is 2. The first-order valence-corrected chi connectivity index (χ1v) is 6.23. The Bertz CT molecular complexity index is 724. The zero-order chi connectivity index (χ0) is 13.2. The zero-order valence-corrected chi connectivity index (χ0v) is 10.8. The van der Waals surface area contributed by atoms with Gasteiger partial charge in [-0.25, -0.2) is 0 Å². The van der Waals surface area contributed by atoms with E-state index in [2.05, 4.69) is 10.3 Å². The van der Waals surface area contributed by atoms with Crippen molar-refractivity contribution in [1.82, 2.24) is 4.98 Å². The van der Waals surface area contributed by atoms with Gasteiger partial charge < -0.3 is 15.5 Å². The monoisotopic (exact) mass is 273 g/mol. The van der Waals surface area contributed by atoms with Crippen LogP contribution in [0.4, 0.5) is 11.7 Å². The van der Waals surface area contributed by atoms with Crippen molar-refractivity contribution in [3.63, 3.8) is 0 Å². The number of hydrogen-bond donors (Lipinski definition) is 2. The summed E-state index contributed by atoms with van der Waals surface area (Å²) in [6.45, 7) is 0.600. The lowest BCUT2D eigenvalue weighted by molar-refractivity contribution is 0.614. The average molecular weight is 274 g/mol. The normalized spacial score (nSPS) is 10.8. The number of hydrogen-bond acceptors (Lipinski definition) is 4. The van der Waals surface area contributed by atoms with E-state index in [1.54, 1.807) is 12.1 Å². The van der Waals surface area contributed by atoms with Crippen molar-refractivity contribution < 1.29 is 4.42 Å². The summed E-state index contributed by atoms with van der Waals surface area (Å²) in [4.78, 5) is 4.33. The number of nitrogen functional groups attached to an aromatic ring is 1. The fourth-order valence-corrected chi connectivity index (χ4v) is 2.05. The first-order chi connectivity index (χ1) is 9.20. The molecule has 96 valence electrons. The Balaban J connectivity index is 1.78. The number of benzene rings is 2. The molecule has 1 aromatic heterocycles. The molecular weight excluding hydrogens is 262 g/mol. The van der Waals surface area contributed by atoms with Crippen molar-refractivity contribution in [3.05, 3.63) is 53.1 Å². The molecule has 0 saturated heterocycles. The Morgan fingerprint density at radius 1 is 1.21 bits per heavy atom. The molecule has 0 radical (unpaired) electrons. The van der Waals surface area contributed by atoms with Crippen LogP contribution in [0.25, 0.3) is 11.1 Å². The van der Waals surface area contributed by atoms with Gasteiger partial charge >= 0.3 is 0 Å². The molecule has 0 fully saturated rings. The molecule has 5 heteroatoms. The summed E-state index contributed by atoms with van der Waals surface area (Å²) in [5.41, 5.74) is 8.87. The maximum absolute atomic E-state index is 5.93. The molecule has 3 N–H and O–H groups in total. The molecule has 3 rings (SSSR count). The number of oxazole rings is 1.